The lowest BCUT2D eigenvalue weighted by atomic mass is 9.77. The van der Waals surface area contributed by atoms with Crippen molar-refractivity contribution in [1.29, 1.82) is 0 Å². The van der Waals surface area contributed by atoms with Gasteiger partial charge in [-0.3, -0.25) is 19.2 Å². The Kier molecular flexibility index (Phi) is 31.3. The number of nitrogens with one attached hydrogen (secondary N) is 1. The van der Waals surface area contributed by atoms with Crippen molar-refractivity contribution in [2.24, 2.45) is 17.8 Å². The lowest BCUT2D eigenvalue weighted by Gasteiger charge is -2.38. The first kappa shape index (κ1) is 54.9. The van der Waals surface area contributed by atoms with Gasteiger partial charge in [0.15, 0.2) is 11.9 Å². The molecule has 2 rings (SSSR count). The van der Waals surface area contributed by atoms with E-state index in [2.05, 4.69) is 52.4 Å². The predicted octanol–water partition coefficient (Wildman–Crippen LogP) is 6.16. The number of amides is 1. The number of rotatable bonds is 17. The Morgan fingerprint density at radius 1 is 1.13 bits per heavy atom. The average molecular weight is 770 g/mol. The van der Waals surface area contributed by atoms with Gasteiger partial charge in [-0.05, 0) is 81.1 Å². The number of ketones is 2. The molecule has 1 amide bonds. The fourth-order valence-electron chi connectivity index (χ4n) is 5.92. The van der Waals surface area contributed by atoms with Crippen LogP contribution in [0.4, 0.5) is 4.79 Å². The standard InChI is InChI=1S/C22H35NO8.C8H17NO2.C6H13N.C3H4.C2H6/c1-7-9-13(3)18(26)15(5)19-22(6,31-21(28)23-19)17(8-2)30-20(27)14(4)16(25)10-11-29-12-24;1-6-4-7(9(2)3)5-8(10)11-6;1-4-6-7(3)5-2;1-3-2;1-2/h12-15,17,19H,7-11H2,1-6H3,(H,23,28);6-8,10H,4-5H2,1-3H3;4,6H,5H2,1-3H3;1H,2H3;1-2H3/b;;6-4-;;/t13-,14?,15?,17-,19?,22-;;;;/m1..../s1. The number of aliphatic hydroxyl groups excluding tert-OH is 1. The normalized spacial score (nSPS) is 23.5. The molecular formula is C41H75N3O10. The van der Waals surface area contributed by atoms with Gasteiger partial charge in [0.1, 0.15) is 23.6 Å². The van der Waals surface area contributed by atoms with E-state index >= 15 is 0 Å². The first-order valence-electron chi connectivity index (χ1n) is 19.4. The van der Waals surface area contributed by atoms with Crippen molar-refractivity contribution < 1.29 is 48.0 Å². The molecule has 13 nitrogen and oxygen atoms in total. The highest BCUT2D eigenvalue weighted by atomic mass is 16.6. The van der Waals surface area contributed by atoms with E-state index in [-0.39, 0.29) is 37.3 Å². The zero-order chi connectivity index (χ0) is 42.6. The number of cyclic esters (lactones) is 1. The van der Waals surface area contributed by atoms with Gasteiger partial charge in [0.05, 0.1) is 18.8 Å². The molecule has 0 spiro atoms. The molecule has 0 aromatic carbocycles. The van der Waals surface area contributed by atoms with Crippen LogP contribution >= 0.6 is 0 Å². The molecule has 13 heteroatoms. The van der Waals surface area contributed by atoms with Crippen molar-refractivity contribution in [3.05, 3.63) is 12.3 Å². The van der Waals surface area contributed by atoms with Crippen LogP contribution in [0.5, 0.6) is 0 Å². The van der Waals surface area contributed by atoms with Crippen molar-refractivity contribution in [2.45, 2.75) is 158 Å². The van der Waals surface area contributed by atoms with Gasteiger partial charge in [-0.25, -0.2) is 4.79 Å². The number of hydrogen-bond donors (Lipinski definition) is 2. The van der Waals surface area contributed by atoms with Crippen LogP contribution < -0.4 is 5.32 Å². The zero-order valence-electron chi connectivity index (χ0n) is 36.1. The van der Waals surface area contributed by atoms with Crippen molar-refractivity contribution in [3.8, 4) is 12.3 Å². The zero-order valence-corrected chi connectivity index (χ0v) is 36.1. The molecular weight excluding hydrogens is 694 g/mol. The van der Waals surface area contributed by atoms with Crippen LogP contribution in [0.25, 0.3) is 0 Å². The van der Waals surface area contributed by atoms with Crippen LogP contribution in [-0.2, 0) is 38.1 Å². The molecule has 2 fully saturated rings. The second-order valence-electron chi connectivity index (χ2n) is 13.6. The number of terminal acetylenes is 1. The number of allylic oxidation sites excluding steroid dienone is 1. The number of ether oxygens (including phenoxy) is 4. The third kappa shape index (κ3) is 20.8. The predicted molar refractivity (Wildman–Crippen MR) is 213 cm³/mol. The monoisotopic (exact) mass is 770 g/mol. The third-order valence-corrected chi connectivity index (χ3v) is 9.10. The van der Waals surface area contributed by atoms with Crippen molar-refractivity contribution in [2.75, 3.05) is 34.3 Å². The number of hydrogen-bond acceptors (Lipinski definition) is 12. The molecule has 54 heavy (non-hydrogen) atoms. The molecule has 9 atom stereocenters. The van der Waals surface area contributed by atoms with Gasteiger partial charge in [-0.15, -0.1) is 12.3 Å². The summed E-state index contributed by atoms with van der Waals surface area (Å²) in [5.74, 6) is -0.726. The first-order valence-corrected chi connectivity index (χ1v) is 19.4. The molecule has 0 aromatic rings. The van der Waals surface area contributed by atoms with Crippen LogP contribution in [-0.4, -0.2) is 115 Å². The summed E-state index contributed by atoms with van der Waals surface area (Å²) in [6.45, 7) is 23.4. The molecule has 2 heterocycles. The maximum absolute atomic E-state index is 12.9. The van der Waals surface area contributed by atoms with E-state index in [4.69, 9.17) is 14.2 Å². The van der Waals surface area contributed by atoms with Crippen LogP contribution in [0.15, 0.2) is 12.3 Å². The first-order chi connectivity index (χ1) is 25.3. The van der Waals surface area contributed by atoms with E-state index in [1.807, 2.05) is 61.7 Å². The number of carbonyl (C=O) groups is 5. The van der Waals surface area contributed by atoms with Crippen LogP contribution in [0.1, 0.15) is 122 Å². The van der Waals surface area contributed by atoms with E-state index < -0.39 is 53.7 Å². The van der Waals surface area contributed by atoms with E-state index in [9.17, 15) is 29.1 Å². The minimum atomic E-state index is -1.27. The van der Waals surface area contributed by atoms with Gasteiger partial charge >= 0.3 is 12.1 Å². The molecule has 0 radical (unpaired) electrons. The second kappa shape index (κ2) is 30.8. The highest BCUT2D eigenvalue weighted by Crippen LogP contribution is 2.36. The lowest BCUT2D eigenvalue weighted by Crippen LogP contribution is -2.56. The highest BCUT2D eigenvalue weighted by Gasteiger charge is 2.55. The molecule has 2 aliphatic heterocycles. The van der Waals surface area contributed by atoms with E-state index in [1.165, 1.54) is 6.92 Å². The fourth-order valence-corrected chi connectivity index (χ4v) is 5.92. The summed E-state index contributed by atoms with van der Waals surface area (Å²) < 4.78 is 20.8. The van der Waals surface area contributed by atoms with Gasteiger partial charge in [0, 0.05) is 44.3 Å². The van der Waals surface area contributed by atoms with Gasteiger partial charge in [0.2, 0.25) is 0 Å². The van der Waals surface area contributed by atoms with Crippen molar-refractivity contribution >= 4 is 30.1 Å². The SMILES string of the molecule is C#CC.C/C=C\N(C)CC.CC.CC1CC(N(C)C)CC(O)O1.CCC[C@@H](C)C(=O)C(C)C1NC(=O)O[C@]1(C)[C@@H](CC)OC(=O)C(C)C(=O)CCOC=O. The van der Waals surface area contributed by atoms with Crippen LogP contribution in [0.2, 0.25) is 0 Å². The smallest absolute Gasteiger partial charge is 0.408 e. The summed E-state index contributed by atoms with van der Waals surface area (Å²) in [4.78, 5) is 64.2. The Bertz CT molecular complexity index is 1130. The summed E-state index contributed by atoms with van der Waals surface area (Å²) in [5, 5.41) is 12.0. The lowest BCUT2D eigenvalue weighted by molar-refractivity contribution is -0.172. The van der Waals surface area contributed by atoms with Gasteiger partial charge < -0.3 is 39.2 Å². The molecule has 2 saturated heterocycles. The number of Topliss-reactive ketones (excluding diaryl/α,β-unsaturated/α-hetero) is 2. The summed E-state index contributed by atoms with van der Waals surface area (Å²) in [7, 11) is 6.13. The Hall–Kier alpha value is -3.47. The average Bonchev–Trinajstić information content (AvgIpc) is 3.44. The van der Waals surface area contributed by atoms with Gasteiger partial charge in [-0.1, -0.05) is 54.0 Å². The van der Waals surface area contributed by atoms with E-state index in [0.29, 0.717) is 12.5 Å². The molecule has 2 aliphatic rings. The number of aliphatic hydroxyl groups is 1. The molecule has 0 aliphatic carbocycles. The molecule has 2 N–H and O–H groups in total. The van der Waals surface area contributed by atoms with Gasteiger partial charge in [-0.2, -0.15) is 0 Å². The maximum atomic E-state index is 12.9. The molecule has 314 valence electrons. The molecule has 0 saturated carbocycles. The summed E-state index contributed by atoms with van der Waals surface area (Å²) >= 11 is 0. The number of esters is 1. The summed E-state index contributed by atoms with van der Waals surface area (Å²) in [5.41, 5.74) is -1.27. The third-order valence-electron chi connectivity index (χ3n) is 9.10. The van der Waals surface area contributed by atoms with Crippen molar-refractivity contribution in [3.63, 3.8) is 0 Å². The van der Waals surface area contributed by atoms with Gasteiger partial charge in [0.25, 0.3) is 6.47 Å². The summed E-state index contributed by atoms with van der Waals surface area (Å²) in [6, 6.07) is -0.217. The van der Waals surface area contributed by atoms with Crippen LogP contribution in [0, 0.1) is 30.1 Å². The topological polar surface area (TPSA) is 161 Å². The van der Waals surface area contributed by atoms with Crippen LogP contribution in [0.3, 0.4) is 0 Å². The van der Waals surface area contributed by atoms with Crippen molar-refractivity contribution in [1.82, 2.24) is 15.1 Å². The quantitative estimate of drug-likeness (QED) is 0.0434. The van der Waals surface area contributed by atoms with E-state index in [0.717, 1.165) is 32.2 Å². The fraction of sp³-hybridized carbons (Fsp3) is 0.780. The number of alkyl carbamates (subject to hydrolysis) is 1. The largest absolute Gasteiger partial charge is 0.467 e. The molecule has 0 aromatic heterocycles. The molecule has 0 bridgehead atoms. The Morgan fingerprint density at radius 2 is 1.70 bits per heavy atom. The maximum Gasteiger partial charge on any atom is 0.408 e. The summed E-state index contributed by atoms with van der Waals surface area (Å²) in [6.07, 6.45) is 10.3. The Morgan fingerprint density at radius 3 is 2.13 bits per heavy atom. The Labute approximate surface area is 327 Å². The number of carbonyl (C=O) groups excluding carboxylic acids is 5. The van der Waals surface area contributed by atoms with E-state index in [1.54, 1.807) is 27.7 Å². The highest BCUT2D eigenvalue weighted by molar-refractivity contribution is 5.98. The minimum Gasteiger partial charge on any atom is -0.467 e. The Balaban J connectivity index is -0.000000913. The molecule has 6 unspecified atom stereocenters. The number of nitrogens with zero attached hydrogens (tertiary/aromatic N) is 2. The second-order valence-corrected chi connectivity index (χ2v) is 13.6. The minimum absolute atomic E-state index is 0.00350.